The van der Waals surface area contributed by atoms with Crippen molar-refractivity contribution in [1.29, 1.82) is 5.26 Å². The number of nitriles is 1. The minimum absolute atomic E-state index is 0.0454. The second-order valence-electron chi connectivity index (χ2n) is 7.61. The predicted octanol–water partition coefficient (Wildman–Crippen LogP) is 5.68. The van der Waals surface area contributed by atoms with E-state index in [9.17, 15) is 10.1 Å². The molecule has 0 radical (unpaired) electrons. The zero-order valence-electron chi connectivity index (χ0n) is 15.5. The van der Waals surface area contributed by atoms with E-state index in [1.165, 1.54) is 16.9 Å². The van der Waals surface area contributed by atoms with Crippen LogP contribution in [0.1, 0.15) is 82.2 Å². The number of hydrogen-bond donors (Lipinski definition) is 1. The Hall–Kier alpha value is -1.34. The molecule has 0 saturated carbocycles. The fourth-order valence-electron chi connectivity index (χ4n) is 3.47. The van der Waals surface area contributed by atoms with Crippen LogP contribution in [0.25, 0.3) is 0 Å². The number of hydrogen-bond acceptors (Lipinski definition) is 3. The molecule has 1 aromatic rings. The van der Waals surface area contributed by atoms with Crippen LogP contribution in [0, 0.1) is 22.7 Å². The largest absolute Gasteiger partial charge is 0.317 e. The Morgan fingerprint density at radius 2 is 2.12 bits per heavy atom. The number of thiophene rings is 1. The van der Waals surface area contributed by atoms with Crippen LogP contribution in [0.3, 0.4) is 0 Å². The highest BCUT2D eigenvalue weighted by atomic mass is 32.1. The Morgan fingerprint density at radius 1 is 1.38 bits per heavy atom. The molecule has 3 nitrogen and oxygen atoms in total. The molecule has 1 aromatic heterocycles. The van der Waals surface area contributed by atoms with Crippen LogP contribution in [-0.4, -0.2) is 5.91 Å². The van der Waals surface area contributed by atoms with E-state index in [0.717, 1.165) is 43.5 Å². The molecule has 0 bridgehead atoms. The Balaban J connectivity index is 2.13. The lowest BCUT2D eigenvalue weighted by Gasteiger charge is -2.36. The van der Waals surface area contributed by atoms with Gasteiger partial charge in [0.2, 0.25) is 5.91 Å². The van der Waals surface area contributed by atoms with Crippen molar-refractivity contribution in [2.45, 2.75) is 79.1 Å². The van der Waals surface area contributed by atoms with Crippen LogP contribution in [0.15, 0.2) is 0 Å². The highest BCUT2D eigenvalue weighted by Gasteiger charge is 2.34. The zero-order chi connectivity index (χ0) is 17.7. The Bertz CT molecular complexity index is 624. The maximum absolute atomic E-state index is 12.1. The summed E-state index contributed by atoms with van der Waals surface area (Å²) in [4.78, 5) is 13.4. The predicted molar refractivity (Wildman–Crippen MR) is 101 cm³/mol. The number of fused-ring (bicyclic) bond motifs is 1. The van der Waals surface area contributed by atoms with E-state index in [4.69, 9.17) is 0 Å². The molecule has 0 fully saturated rings. The average molecular weight is 347 g/mol. The summed E-state index contributed by atoms with van der Waals surface area (Å²) in [6.07, 6.45) is 7.98. The van der Waals surface area contributed by atoms with Crippen LogP contribution < -0.4 is 5.32 Å². The molecule has 1 atom stereocenters. The van der Waals surface area contributed by atoms with Crippen molar-refractivity contribution in [3.63, 3.8) is 0 Å². The molecule has 2 rings (SSSR count). The Morgan fingerprint density at radius 3 is 2.75 bits per heavy atom. The number of rotatable bonds is 7. The van der Waals surface area contributed by atoms with Gasteiger partial charge in [-0.3, -0.25) is 4.79 Å². The molecule has 132 valence electrons. The summed E-state index contributed by atoms with van der Waals surface area (Å²) >= 11 is 1.63. The average Bonchev–Trinajstić information content (AvgIpc) is 2.91. The Kier molecular flexibility index (Phi) is 6.46. The lowest BCUT2D eigenvalue weighted by atomic mass is 9.69. The number of nitrogens with zero attached hydrogens (tertiary/aromatic N) is 1. The second-order valence-corrected chi connectivity index (χ2v) is 8.71. The first kappa shape index (κ1) is 19.0. The molecule has 1 unspecified atom stereocenters. The quantitative estimate of drug-likeness (QED) is 0.646. The smallest absolute Gasteiger partial charge is 0.225 e. The summed E-state index contributed by atoms with van der Waals surface area (Å²) in [5.41, 5.74) is 2.24. The first-order valence-corrected chi connectivity index (χ1v) is 10.1. The summed E-state index contributed by atoms with van der Waals surface area (Å²) in [5.74, 6) is 0.706. The topological polar surface area (TPSA) is 52.9 Å². The summed E-state index contributed by atoms with van der Waals surface area (Å²) in [5, 5.41) is 13.3. The molecular formula is C20H30N2OS. The van der Waals surface area contributed by atoms with Crippen LogP contribution in [0.5, 0.6) is 0 Å². The van der Waals surface area contributed by atoms with Gasteiger partial charge in [-0.2, -0.15) is 5.26 Å². The number of anilines is 1. The zero-order valence-corrected chi connectivity index (χ0v) is 16.3. The first-order chi connectivity index (χ1) is 11.4. The van der Waals surface area contributed by atoms with E-state index in [1.807, 2.05) is 0 Å². The van der Waals surface area contributed by atoms with Crippen molar-refractivity contribution in [3.05, 3.63) is 16.0 Å². The van der Waals surface area contributed by atoms with Gasteiger partial charge in [0.15, 0.2) is 0 Å². The van der Waals surface area contributed by atoms with Crippen LogP contribution in [0.4, 0.5) is 5.00 Å². The van der Waals surface area contributed by atoms with Gasteiger partial charge in [-0.1, -0.05) is 47.0 Å². The van der Waals surface area contributed by atoms with E-state index in [1.54, 1.807) is 11.3 Å². The second kappa shape index (κ2) is 8.16. The molecule has 1 aliphatic carbocycles. The van der Waals surface area contributed by atoms with Gasteiger partial charge in [0, 0.05) is 11.3 Å². The summed E-state index contributed by atoms with van der Waals surface area (Å²) in [7, 11) is 0. The van der Waals surface area contributed by atoms with Crippen molar-refractivity contribution < 1.29 is 4.79 Å². The van der Waals surface area contributed by atoms with Gasteiger partial charge in [-0.25, -0.2) is 0 Å². The van der Waals surface area contributed by atoms with Gasteiger partial charge in [0.25, 0.3) is 0 Å². The normalized spacial score (nSPS) is 17.2. The summed E-state index contributed by atoms with van der Waals surface area (Å²) < 4.78 is 0. The van der Waals surface area contributed by atoms with Crippen molar-refractivity contribution in [1.82, 2.24) is 0 Å². The highest BCUT2D eigenvalue weighted by Crippen LogP contribution is 2.45. The van der Waals surface area contributed by atoms with Crippen LogP contribution >= 0.6 is 11.3 Å². The lowest BCUT2D eigenvalue weighted by Crippen LogP contribution is -2.28. The van der Waals surface area contributed by atoms with Gasteiger partial charge in [0.05, 0.1) is 5.56 Å². The van der Waals surface area contributed by atoms with Gasteiger partial charge in [-0.05, 0) is 42.6 Å². The number of unbranched alkanes of at least 4 members (excludes halogenated alkanes) is 2. The first-order valence-electron chi connectivity index (χ1n) is 9.27. The van der Waals surface area contributed by atoms with Gasteiger partial charge in [0.1, 0.15) is 11.1 Å². The van der Waals surface area contributed by atoms with E-state index < -0.39 is 0 Å². The third-order valence-electron chi connectivity index (χ3n) is 5.65. The fourth-order valence-corrected chi connectivity index (χ4v) is 4.77. The van der Waals surface area contributed by atoms with E-state index in [0.29, 0.717) is 23.3 Å². The molecular weight excluding hydrogens is 316 g/mol. The molecule has 0 aliphatic heterocycles. The van der Waals surface area contributed by atoms with Gasteiger partial charge >= 0.3 is 0 Å². The molecule has 1 aliphatic rings. The number of carbonyl (C=O) groups excluding carboxylic acids is 1. The molecule has 1 N–H and O–H groups in total. The standard InChI is InChI=1S/C20H30N2OS/c1-5-7-8-9-18(23)22-19-16(13-21)15-11-10-14(12-17(15)24-19)20(3,4)6-2/h14H,5-12H2,1-4H3,(H,22,23). The highest BCUT2D eigenvalue weighted by molar-refractivity contribution is 7.16. The van der Waals surface area contributed by atoms with Crippen molar-refractivity contribution in [3.8, 4) is 6.07 Å². The van der Waals surface area contributed by atoms with Crippen LogP contribution in [-0.2, 0) is 17.6 Å². The van der Waals surface area contributed by atoms with Crippen molar-refractivity contribution in [2.24, 2.45) is 11.3 Å². The Labute approximate surface area is 150 Å². The van der Waals surface area contributed by atoms with E-state index in [-0.39, 0.29) is 5.91 Å². The molecule has 0 spiro atoms. The molecule has 1 heterocycles. The third-order valence-corrected chi connectivity index (χ3v) is 6.82. The van der Waals surface area contributed by atoms with Crippen molar-refractivity contribution >= 4 is 22.2 Å². The molecule has 4 heteroatoms. The molecule has 0 saturated heterocycles. The van der Waals surface area contributed by atoms with Crippen LogP contribution in [0.2, 0.25) is 0 Å². The monoisotopic (exact) mass is 346 g/mol. The number of amides is 1. The molecule has 1 amide bonds. The summed E-state index contributed by atoms with van der Waals surface area (Å²) in [6, 6.07) is 2.34. The van der Waals surface area contributed by atoms with Gasteiger partial charge in [-0.15, -0.1) is 11.3 Å². The lowest BCUT2D eigenvalue weighted by molar-refractivity contribution is -0.116. The SMILES string of the molecule is CCCCCC(=O)Nc1sc2c(c1C#N)CCC(C(C)(C)CC)C2. The maximum atomic E-state index is 12.1. The number of carbonyl (C=O) groups is 1. The van der Waals surface area contributed by atoms with E-state index in [2.05, 4.69) is 39.1 Å². The molecule has 0 aromatic carbocycles. The van der Waals surface area contributed by atoms with Crippen molar-refractivity contribution in [2.75, 3.05) is 5.32 Å². The fraction of sp³-hybridized carbons (Fsp3) is 0.700. The minimum Gasteiger partial charge on any atom is -0.317 e. The maximum Gasteiger partial charge on any atom is 0.225 e. The van der Waals surface area contributed by atoms with E-state index >= 15 is 0 Å². The molecule has 24 heavy (non-hydrogen) atoms. The third kappa shape index (κ3) is 4.19. The van der Waals surface area contributed by atoms with Gasteiger partial charge < -0.3 is 5.32 Å². The summed E-state index contributed by atoms with van der Waals surface area (Å²) in [6.45, 7) is 9.08. The minimum atomic E-state index is 0.0454. The number of nitrogens with one attached hydrogen (secondary N) is 1.